The molecule has 9 heteroatoms. The highest BCUT2D eigenvalue weighted by Gasteiger charge is 2.08. The number of rotatable bonds is 6. The van der Waals surface area contributed by atoms with Gasteiger partial charge in [-0.2, -0.15) is 0 Å². The van der Waals surface area contributed by atoms with E-state index in [0.29, 0.717) is 22.5 Å². The van der Waals surface area contributed by atoms with Gasteiger partial charge in [0, 0.05) is 12.6 Å². The van der Waals surface area contributed by atoms with E-state index in [1.165, 1.54) is 17.8 Å². The average molecular weight is 280 g/mol. The van der Waals surface area contributed by atoms with Gasteiger partial charge in [-0.1, -0.05) is 25.1 Å². The number of anilines is 2. The van der Waals surface area contributed by atoms with Crippen LogP contribution in [0.1, 0.15) is 25.6 Å². The second-order valence-corrected chi connectivity index (χ2v) is 4.90. The second kappa shape index (κ2) is 6.32. The average Bonchev–Trinajstić information content (AvgIpc) is 2.80. The minimum atomic E-state index is 0.362. The van der Waals surface area contributed by atoms with Gasteiger partial charge in [0.25, 0.3) is 0 Å². The zero-order valence-corrected chi connectivity index (χ0v) is 11.5. The Bertz CT molecular complexity index is 520. The first-order valence-electron chi connectivity index (χ1n) is 5.97. The summed E-state index contributed by atoms with van der Waals surface area (Å²) in [4.78, 5) is 8.19. The summed E-state index contributed by atoms with van der Waals surface area (Å²) in [6.07, 6.45) is 2.14. The molecule has 0 radical (unpaired) electrons. The molecule has 0 aromatic carbocycles. The van der Waals surface area contributed by atoms with Crippen molar-refractivity contribution in [1.29, 1.82) is 0 Å². The molecule has 2 aromatic rings. The van der Waals surface area contributed by atoms with E-state index in [1.807, 2.05) is 0 Å². The first kappa shape index (κ1) is 13.5. The highest BCUT2D eigenvalue weighted by molar-refractivity contribution is 7.98. The standard InChI is InChI=1S/C10H16N8S/c1-2-3-4-18-9(15-16-17-18)6-19-10-13-7(11)5-8(12)14-10/h5H,2-4,6H2,1H3,(H4,11,12,13,14). The predicted octanol–water partition coefficient (Wildman–Crippen LogP) is 0.720. The van der Waals surface area contributed by atoms with Gasteiger partial charge in [-0.25, -0.2) is 14.6 Å². The molecule has 0 spiro atoms. The van der Waals surface area contributed by atoms with Crippen molar-refractivity contribution in [1.82, 2.24) is 30.2 Å². The van der Waals surface area contributed by atoms with Gasteiger partial charge in [-0.15, -0.1) is 5.10 Å². The molecule has 102 valence electrons. The van der Waals surface area contributed by atoms with Crippen LogP contribution in [0.25, 0.3) is 0 Å². The summed E-state index contributed by atoms with van der Waals surface area (Å²) < 4.78 is 1.80. The first-order chi connectivity index (χ1) is 9.19. The zero-order valence-electron chi connectivity index (χ0n) is 10.7. The largest absolute Gasteiger partial charge is 0.383 e. The van der Waals surface area contributed by atoms with Crippen molar-refractivity contribution >= 4 is 23.4 Å². The third-order valence-electron chi connectivity index (χ3n) is 2.41. The summed E-state index contributed by atoms with van der Waals surface area (Å²) >= 11 is 1.41. The molecule has 0 aliphatic carbocycles. The number of unbranched alkanes of at least 4 members (excludes halogenated alkanes) is 1. The van der Waals surface area contributed by atoms with Gasteiger partial charge < -0.3 is 11.5 Å². The molecule has 19 heavy (non-hydrogen) atoms. The molecule has 0 amide bonds. The van der Waals surface area contributed by atoms with E-state index < -0.39 is 0 Å². The van der Waals surface area contributed by atoms with E-state index in [-0.39, 0.29) is 0 Å². The fourth-order valence-corrected chi connectivity index (χ4v) is 2.27. The van der Waals surface area contributed by atoms with Crippen molar-refractivity contribution in [3.05, 3.63) is 11.9 Å². The smallest absolute Gasteiger partial charge is 0.191 e. The molecule has 2 rings (SSSR count). The third-order valence-corrected chi connectivity index (χ3v) is 3.25. The van der Waals surface area contributed by atoms with Gasteiger partial charge in [0.2, 0.25) is 0 Å². The molecule has 0 saturated heterocycles. The summed E-state index contributed by atoms with van der Waals surface area (Å²) in [5.74, 6) is 2.10. The number of thioether (sulfide) groups is 1. The van der Waals surface area contributed by atoms with Crippen LogP contribution in [0.4, 0.5) is 11.6 Å². The minimum absolute atomic E-state index is 0.362. The van der Waals surface area contributed by atoms with E-state index in [9.17, 15) is 0 Å². The highest BCUT2D eigenvalue weighted by atomic mass is 32.2. The van der Waals surface area contributed by atoms with Crippen LogP contribution < -0.4 is 11.5 Å². The van der Waals surface area contributed by atoms with Crippen LogP contribution in [0.3, 0.4) is 0 Å². The Morgan fingerprint density at radius 1 is 1.26 bits per heavy atom. The van der Waals surface area contributed by atoms with Gasteiger partial charge in [0.05, 0.1) is 5.75 Å². The maximum Gasteiger partial charge on any atom is 0.191 e. The van der Waals surface area contributed by atoms with Crippen molar-refractivity contribution in [3.63, 3.8) is 0 Å². The van der Waals surface area contributed by atoms with Crippen molar-refractivity contribution in [2.45, 2.75) is 37.2 Å². The predicted molar refractivity (Wildman–Crippen MR) is 73.1 cm³/mol. The molecule has 4 N–H and O–H groups in total. The second-order valence-electron chi connectivity index (χ2n) is 3.96. The number of aromatic nitrogens is 6. The molecule has 0 fully saturated rings. The van der Waals surface area contributed by atoms with Gasteiger partial charge in [-0.05, 0) is 16.8 Å². The van der Waals surface area contributed by atoms with Crippen molar-refractivity contribution in [2.24, 2.45) is 0 Å². The fourth-order valence-electron chi connectivity index (χ4n) is 1.46. The molecule has 0 aliphatic rings. The molecule has 2 aromatic heterocycles. The number of hydrogen-bond acceptors (Lipinski definition) is 8. The summed E-state index contributed by atoms with van der Waals surface area (Å²) in [6.45, 7) is 2.95. The molecule has 0 bridgehead atoms. The van der Waals surface area contributed by atoms with E-state index in [4.69, 9.17) is 11.5 Å². The SMILES string of the molecule is CCCCn1nnnc1CSc1nc(N)cc(N)n1. The topological polar surface area (TPSA) is 121 Å². The lowest BCUT2D eigenvalue weighted by molar-refractivity contribution is 0.540. The quantitative estimate of drug-likeness (QED) is 0.586. The van der Waals surface area contributed by atoms with Crippen LogP contribution in [0.5, 0.6) is 0 Å². The van der Waals surface area contributed by atoms with Crippen molar-refractivity contribution < 1.29 is 0 Å². The Morgan fingerprint density at radius 3 is 2.68 bits per heavy atom. The van der Waals surface area contributed by atoms with Gasteiger partial charge in [-0.3, -0.25) is 0 Å². The lowest BCUT2D eigenvalue weighted by Crippen LogP contribution is -2.05. The molecule has 0 atom stereocenters. The molecular weight excluding hydrogens is 264 g/mol. The Morgan fingerprint density at radius 2 is 2.00 bits per heavy atom. The van der Waals surface area contributed by atoms with Crippen molar-refractivity contribution in [3.8, 4) is 0 Å². The van der Waals surface area contributed by atoms with Gasteiger partial charge in [0.1, 0.15) is 11.6 Å². The number of hydrogen-bond donors (Lipinski definition) is 2. The van der Waals surface area contributed by atoms with Crippen LogP contribution in [-0.4, -0.2) is 30.2 Å². The van der Waals surface area contributed by atoms with Crippen molar-refractivity contribution in [2.75, 3.05) is 11.5 Å². The minimum Gasteiger partial charge on any atom is -0.383 e. The molecule has 0 saturated carbocycles. The molecule has 0 aliphatic heterocycles. The van der Waals surface area contributed by atoms with E-state index >= 15 is 0 Å². The molecular formula is C10H16N8S. The number of nitrogen functional groups attached to an aromatic ring is 2. The third kappa shape index (κ3) is 3.78. The number of tetrazole rings is 1. The Kier molecular flexibility index (Phi) is 4.50. The summed E-state index contributed by atoms with van der Waals surface area (Å²) in [7, 11) is 0. The highest BCUT2D eigenvalue weighted by Crippen LogP contribution is 2.19. The van der Waals surface area contributed by atoms with E-state index in [0.717, 1.165) is 25.2 Å². The fraction of sp³-hybridized carbons (Fsp3) is 0.500. The Hall–Kier alpha value is -1.90. The Labute approximate surface area is 115 Å². The van der Waals surface area contributed by atoms with Crippen LogP contribution in [0.15, 0.2) is 11.2 Å². The number of nitrogens with two attached hydrogens (primary N) is 2. The van der Waals surface area contributed by atoms with Crippen LogP contribution in [-0.2, 0) is 12.3 Å². The summed E-state index contributed by atoms with van der Waals surface area (Å²) in [5, 5.41) is 12.2. The molecule has 2 heterocycles. The summed E-state index contributed by atoms with van der Waals surface area (Å²) in [5.41, 5.74) is 11.2. The van der Waals surface area contributed by atoms with E-state index in [2.05, 4.69) is 32.4 Å². The number of nitrogens with zero attached hydrogens (tertiary/aromatic N) is 6. The van der Waals surface area contributed by atoms with Crippen LogP contribution >= 0.6 is 11.8 Å². The molecule has 8 nitrogen and oxygen atoms in total. The first-order valence-corrected chi connectivity index (χ1v) is 6.95. The number of aryl methyl sites for hydroxylation is 1. The normalized spacial score (nSPS) is 10.8. The van der Waals surface area contributed by atoms with E-state index in [1.54, 1.807) is 4.68 Å². The van der Waals surface area contributed by atoms with Crippen LogP contribution in [0, 0.1) is 0 Å². The van der Waals surface area contributed by atoms with Gasteiger partial charge in [0.15, 0.2) is 11.0 Å². The monoisotopic (exact) mass is 280 g/mol. The maximum absolute atomic E-state index is 5.61. The Balaban J connectivity index is 2.00. The summed E-state index contributed by atoms with van der Waals surface area (Å²) in [6, 6.07) is 1.52. The van der Waals surface area contributed by atoms with Gasteiger partial charge >= 0.3 is 0 Å². The lowest BCUT2D eigenvalue weighted by atomic mass is 10.3. The molecule has 0 unspecified atom stereocenters. The zero-order chi connectivity index (χ0) is 13.7. The maximum atomic E-state index is 5.61. The lowest BCUT2D eigenvalue weighted by Gasteiger charge is -2.04. The van der Waals surface area contributed by atoms with Crippen LogP contribution in [0.2, 0.25) is 0 Å².